The predicted octanol–water partition coefficient (Wildman–Crippen LogP) is -2.73. The summed E-state index contributed by atoms with van der Waals surface area (Å²) in [5.41, 5.74) is 0. The van der Waals surface area contributed by atoms with E-state index in [2.05, 4.69) is 47.4 Å². The summed E-state index contributed by atoms with van der Waals surface area (Å²) in [5.74, 6) is -19.2. The van der Waals surface area contributed by atoms with Gasteiger partial charge >= 0.3 is 113 Å². The van der Waals surface area contributed by atoms with Gasteiger partial charge in [-0.2, -0.15) is 0 Å². The van der Waals surface area contributed by atoms with Crippen LogP contribution in [0.15, 0.2) is 0 Å². The number of aliphatic carboxylic acids is 9. The summed E-state index contributed by atoms with van der Waals surface area (Å²) < 4.78 is 73.1. The fourth-order valence-electron chi connectivity index (χ4n) is 5.29. The third kappa shape index (κ3) is 85.4. The van der Waals surface area contributed by atoms with E-state index in [1.807, 2.05) is 0 Å². The van der Waals surface area contributed by atoms with Crippen LogP contribution in [-0.4, -0.2) is 310 Å². The molecule has 45 nitrogen and oxygen atoms in total. The number of carbonyl (C=O) groups is 20. The van der Waals surface area contributed by atoms with Crippen molar-refractivity contribution in [3.63, 3.8) is 0 Å². The molecule has 2 unspecified atom stereocenters. The van der Waals surface area contributed by atoms with Crippen molar-refractivity contribution >= 4 is 119 Å². The van der Waals surface area contributed by atoms with Gasteiger partial charge in [0.05, 0.1) is 13.2 Å². The average molecular weight is 1490 g/mol. The van der Waals surface area contributed by atoms with Crippen molar-refractivity contribution in [1.29, 1.82) is 0 Å². The van der Waals surface area contributed by atoms with E-state index in [0.717, 1.165) is 12.8 Å². The van der Waals surface area contributed by atoms with E-state index >= 15 is 0 Å². The number of rotatable bonds is 55. The number of unbranched alkanes of at least 4 members (excludes halogenated alkanes) is 6. The Hall–Kier alpha value is -10.6. The number of carboxylic acids is 9. The van der Waals surface area contributed by atoms with Crippen LogP contribution in [0.1, 0.15) is 97.8 Å². The van der Waals surface area contributed by atoms with E-state index in [-0.39, 0.29) is 70.7 Å². The van der Waals surface area contributed by atoms with Gasteiger partial charge in [0, 0.05) is 39.1 Å². The lowest BCUT2D eigenvalue weighted by atomic mass is 10.2. The van der Waals surface area contributed by atoms with E-state index in [9.17, 15) is 95.9 Å². The van der Waals surface area contributed by atoms with Crippen LogP contribution in [0.2, 0.25) is 0 Å². The Balaban J connectivity index is -0.000000386. The fourth-order valence-corrected chi connectivity index (χ4v) is 5.29. The van der Waals surface area contributed by atoms with Crippen LogP contribution in [0.25, 0.3) is 0 Å². The lowest BCUT2D eigenvalue weighted by Gasteiger charge is -2.11. The van der Waals surface area contributed by atoms with Crippen molar-refractivity contribution in [3.8, 4) is 0 Å². The molecule has 582 valence electrons. The molecule has 0 spiro atoms. The summed E-state index contributed by atoms with van der Waals surface area (Å²) in [4.78, 5) is 211. The number of carboxylic acid groups (broad SMARTS) is 9. The third-order valence-corrected chi connectivity index (χ3v) is 9.71. The standard InChI is InChI=1S/C15H24O9.C13H20O9.C12H18O9.C9H12O9.C8H10O9/c1-12(16)9-23-14(19)5-3-2-4-6-21-7-8-22-11-15(20)24-10-13(17)18;1-9(13(19)22-8-11(16)17)20-6-4-2-3-5-12(18)21-7-10(14)15;13-9(14)6-20-11(17)4-2-1-3-5-19-8-12(18)21-7-10(15)16;1-5(9(15)18-3-7(12)13)16-4-8(14)17-2-6(10)11;9-5(10)1-16-7(13)3-15-4-8(14)17-2-6(11)12/h2-11H2,1H3,(H,17,18);9H,2-8H2,1H3,(H,14,15)(H,16,17);1-8H2,(H,13,14)(H,15,16);5H,2-4H2,1H3,(H,10,11)(H,12,13);1-4H2,(H,9,10)(H,11,12). The molecule has 0 aromatic heterocycles. The topological polar surface area (TPSA) is 671 Å². The second kappa shape index (κ2) is 67.5. The van der Waals surface area contributed by atoms with Crippen molar-refractivity contribution in [3.05, 3.63) is 0 Å². The SMILES string of the molecule is CC(=O)COC(=O)CCCCCOCCOCC(=O)OCC(=O)O.CC(OCC(=O)OCC(=O)O)C(=O)OCC(=O)O.CC(OCCCCCC(=O)OCC(=O)O)C(=O)OCC(=O)O.O=C(O)COC(=O)CCCCCOCC(=O)OCC(=O)O.O=C(O)COC(=O)COCC(=O)OCC(=O)O. The van der Waals surface area contributed by atoms with E-state index in [0.29, 0.717) is 58.2 Å². The molecule has 0 aromatic rings. The summed E-state index contributed by atoms with van der Waals surface area (Å²) >= 11 is 0. The highest BCUT2D eigenvalue weighted by atomic mass is 16.6. The second-order valence-corrected chi connectivity index (χ2v) is 18.9. The molecule has 0 rings (SSSR count). The first-order chi connectivity index (χ1) is 47.9. The smallest absolute Gasteiger partial charge is 0.341 e. The lowest BCUT2D eigenvalue weighted by molar-refractivity contribution is -0.168. The second-order valence-electron chi connectivity index (χ2n) is 18.9. The number of carbonyl (C=O) groups excluding carboxylic acids is 11. The Kier molecular flexibility index (Phi) is 66.2. The van der Waals surface area contributed by atoms with Crippen molar-refractivity contribution in [2.45, 2.75) is 110 Å². The Labute approximate surface area is 577 Å². The summed E-state index contributed by atoms with van der Waals surface area (Å²) in [7, 11) is 0. The molecule has 0 bridgehead atoms. The first kappa shape index (κ1) is 100. The normalized spacial score (nSPS) is 10.5. The molecule has 0 saturated carbocycles. The van der Waals surface area contributed by atoms with Crippen LogP contribution in [-0.2, 0) is 172 Å². The Morgan fingerprint density at radius 2 is 0.461 bits per heavy atom. The van der Waals surface area contributed by atoms with Crippen LogP contribution < -0.4 is 0 Å². The van der Waals surface area contributed by atoms with Crippen LogP contribution in [0.4, 0.5) is 0 Å². The summed E-state index contributed by atoms with van der Waals surface area (Å²) in [6.45, 7) is -3.73. The maximum Gasteiger partial charge on any atom is 0.341 e. The molecular formula is C57H84O45. The zero-order valence-corrected chi connectivity index (χ0v) is 55.5. The minimum atomic E-state index is -1.32. The van der Waals surface area contributed by atoms with Gasteiger partial charge in [0.1, 0.15) is 39.6 Å². The van der Waals surface area contributed by atoms with Gasteiger partial charge in [-0.25, -0.2) is 76.7 Å². The molecule has 9 N–H and O–H groups in total. The van der Waals surface area contributed by atoms with Crippen molar-refractivity contribution in [2.24, 2.45) is 0 Å². The Bertz CT molecular complexity index is 2510. The maximum atomic E-state index is 11.3. The number of hydrogen-bond donors (Lipinski definition) is 9. The number of ether oxygens (including phenoxy) is 16. The van der Waals surface area contributed by atoms with Crippen molar-refractivity contribution < 1.29 is 218 Å². The fraction of sp³-hybridized carbons (Fsp3) is 0.649. The highest BCUT2D eigenvalue weighted by Crippen LogP contribution is 2.06. The third-order valence-electron chi connectivity index (χ3n) is 9.71. The van der Waals surface area contributed by atoms with Gasteiger partial charge in [-0.3, -0.25) is 19.2 Å². The quantitative estimate of drug-likeness (QED) is 0.0170. The van der Waals surface area contributed by atoms with Crippen molar-refractivity contribution in [2.75, 3.05) is 132 Å². The van der Waals surface area contributed by atoms with Crippen LogP contribution >= 0.6 is 0 Å². The van der Waals surface area contributed by atoms with Gasteiger partial charge in [0.25, 0.3) is 0 Å². The highest BCUT2D eigenvalue weighted by molar-refractivity contribution is 5.82. The number of hydrogen-bond acceptors (Lipinski definition) is 36. The molecule has 0 aliphatic carbocycles. The first-order valence-corrected chi connectivity index (χ1v) is 29.5. The molecule has 0 aliphatic rings. The van der Waals surface area contributed by atoms with Crippen LogP contribution in [0, 0.1) is 0 Å². The van der Waals surface area contributed by atoms with Gasteiger partial charge < -0.3 is 122 Å². The lowest BCUT2D eigenvalue weighted by Crippen LogP contribution is -2.28. The summed E-state index contributed by atoms with van der Waals surface area (Å²) in [5, 5.41) is 74.2. The molecular weight excluding hydrogens is 1400 g/mol. The minimum Gasteiger partial charge on any atom is -0.479 e. The molecule has 102 heavy (non-hydrogen) atoms. The number of Topliss-reactive ketones (excluding diaryl/α,β-unsaturated/α-hetero) is 1. The molecule has 2 atom stereocenters. The Morgan fingerprint density at radius 1 is 0.225 bits per heavy atom. The minimum absolute atomic E-state index is 0.115. The monoisotopic (exact) mass is 1490 g/mol. The van der Waals surface area contributed by atoms with Crippen LogP contribution in [0.3, 0.4) is 0 Å². The van der Waals surface area contributed by atoms with E-state index in [1.54, 1.807) is 0 Å². The Morgan fingerprint density at radius 3 is 0.775 bits per heavy atom. The molecule has 0 radical (unpaired) electrons. The van der Waals surface area contributed by atoms with E-state index < -0.39 is 199 Å². The number of ketones is 1. The van der Waals surface area contributed by atoms with E-state index in [4.69, 9.17) is 74.4 Å². The van der Waals surface area contributed by atoms with Gasteiger partial charge in [-0.15, -0.1) is 0 Å². The van der Waals surface area contributed by atoms with Gasteiger partial charge in [-0.05, 0) is 59.3 Å². The zero-order valence-electron chi connectivity index (χ0n) is 55.5. The summed E-state index contributed by atoms with van der Waals surface area (Å²) in [6.07, 6.45) is 4.19. The molecule has 0 amide bonds. The molecule has 45 heteroatoms. The molecule has 0 fully saturated rings. The van der Waals surface area contributed by atoms with Gasteiger partial charge in [0.2, 0.25) is 0 Å². The molecule has 0 heterocycles. The molecule has 0 saturated heterocycles. The summed E-state index contributed by atoms with van der Waals surface area (Å²) in [6, 6.07) is 0. The predicted molar refractivity (Wildman–Crippen MR) is 319 cm³/mol. The maximum absolute atomic E-state index is 11.3. The molecule has 0 aromatic carbocycles. The number of esters is 10. The highest BCUT2D eigenvalue weighted by Gasteiger charge is 2.20. The largest absolute Gasteiger partial charge is 0.479 e. The van der Waals surface area contributed by atoms with Gasteiger partial charge in [-0.1, -0.05) is 19.3 Å². The zero-order chi connectivity index (χ0) is 78.6. The van der Waals surface area contributed by atoms with Gasteiger partial charge in [0.15, 0.2) is 77.5 Å². The van der Waals surface area contributed by atoms with Crippen LogP contribution in [0.5, 0.6) is 0 Å². The van der Waals surface area contributed by atoms with Crippen molar-refractivity contribution in [1.82, 2.24) is 0 Å². The van der Waals surface area contributed by atoms with E-state index in [1.165, 1.54) is 20.8 Å². The molecule has 0 aliphatic heterocycles. The first-order valence-electron chi connectivity index (χ1n) is 29.5. The average Bonchev–Trinajstić information content (AvgIpc) is 1.01.